The van der Waals surface area contributed by atoms with Crippen LogP contribution in [0.15, 0.2) is 64.5 Å². The first kappa shape index (κ1) is 26.5. The Balaban J connectivity index is 1.47. The van der Waals surface area contributed by atoms with Gasteiger partial charge in [0.25, 0.3) is 5.56 Å². The molecule has 2 aromatic carbocycles. The van der Waals surface area contributed by atoms with Crippen molar-refractivity contribution in [2.75, 3.05) is 17.6 Å². The Morgan fingerprint density at radius 1 is 1.16 bits per heavy atom. The van der Waals surface area contributed by atoms with Gasteiger partial charge in [-0.2, -0.15) is 13.2 Å². The van der Waals surface area contributed by atoms with Crippen molar-refractivity contribution in [1.29, 1.82) is 0 Å². The van der Waals surface area contributed by atoms with Crippen LogP contribution in [-0.4, -0.2) is 38.7 Å². The number of thioether (sulfide) groups is 1. The fraction of sp³-hybridized carbons (Fsp3) is 0.296. The maximum absolute atomic E-state index is 13.9. The summed E-state index contributed by atoms with van der Waals surface area (Å²) >= 11 is 2.58. The molecule has 1 aliphatic rings. The lowest BCUT2D eigenvalue weighted by Gasteiger charge is -2.30. The van der Waals surface area contributed by atoms with Crippen molar-refractivity contribution in [2.24, 2.45) is 0 Å². The lowest BCUT2D eigenvalue weighted by Crippen LogP contribution is -2.35. The molecule has 0 bridgehead atoms. The highest BCUT2D eigenvalue weighted by atomic mass is 32.2. The Labute approximate surface area is 225 Å². The lowest BCUT2D eigenvalue weighted by molar-refractivity contribution is -0.137. The van der Waals surface area contributed by atoms with Crippen LogP contribution in [0, 0.1) is 0 Å². The molecule has 2 aromatic heterocycles. The maximum Gasteiger partial charge on any atom is 0.416 e. The number of nitrogens with zero attached hydrogens (tertiary/aromatic N) is 3. The molecule has 0 spiro atoms. The average molecular weight is 559 g/mol. The van der Waals surface area contributed by atoms with Gasteiger partial charge < -0.3 is 5.32 Å². The van der Waals surface area contributed by atoms with Crippen molar-refractivity contribution in [2.45, 2.75) is 44.2 Å². The normalized spacial score (nSPS) is 14.2. The molecular weight excluding hydrogens is 533 g/mol. The summed E-state index contributed by atoms with van der Waals surface area (Å²) in [5, 5.41) is 3.49. The number of alkyl halides is 3. The number of benzene rings is 2. The first-order valence-corrected chi connectivity index (χ1v) is 13.9. The molecule has 198 valence electrons. The molecule has 0 fully saturated rings. The molecule has 5 rings (SSSR count). The minimum atomic E-state index is -4.51. The third kappa shape index (κ3) is 5.36. The van der Waals surface area contributed by atoms with E-state index < -0.39 is 17.6 Å². The topological polar surface area (TPSA) is 67.2 Å². The molecule has 0 atom stereocenters. The fourth-order valence-electron chi connectivity index (χ4n) is 4.49. The van der Waals surface area contributed by atoms with Gasteiger partial charge in [-0.05, 0) is 56.2 Å². The molecule has 6 nitrogen and oxygen atoms in total. The molecule has 38 heavy (non-hydrogen) atoms. The zero-order chi connectivity index (χ0) is 27.0. The quantitative estimate of drug-likeness (QED) is 0.234. The first-order valence-electron chi connectivity index (χ1n) is 12.1. The van der Waals surface area contributed by atoms with Crippen molar-refractivity contribution in [3.05, 3.63) is 81.0 Å². The third-order valence-electron chi connectivity index (χ3n) is 6.42. The van der Waals surface area contributed by atoms with E-state index in [4.69, 9.17) is 4.98 Å². The van der Waals surface area contributed by atoms with E-state index in [1.54, 1.807) is 12.1 Å². The van der Waals surface area contributed by atoms with Crippen LogP contribution < -0.4 is 10.9 Å². The minimum absolute atomic E-state index is 0.0509. The van der Waals surface area contributed by atoms with Crippen LogP contribution >= 0.6 is 23.1 Å². The van der Waals surface area contributed by atoms with Gasteiger partial charge in [0.1, 0.15) is 4.83 Å². The summed E-state index contributed by atoms with van der Waals surface area (Å²) in [6.45, 7) is 5.93. The smallest absolute Gasteiger partial charge is 0.325 e. The number of para-hydroxylation sites is 1. The minimum Gasteiger partial charge on any atom is -0.325 e. The van der Waals surface area contributed by atoms with Crippen LogP contribution in [0.4, 0.5) is 18.9 Å². The summed E-state index contributed by atoms with van der Waals surface area (Å²) in [7, 11) is 0. The molecule has 0 saturated carbocycles. The number of carbonyl (C=O) groups is 1. The summed E-state index contributed by atoms with van der Waals surface area (Å²) in [6.07, 6.45) is -3.74. The molecule has 0 saturated heterocycles. The SMILES string of the molecule is CC(C)N1CCc2c(sc3nc(SCC(=O)Nc4cccc(C(F)(F)F)c4)n(-c4ccccc4)c(=O)c23)C1. The van der Waals surface area contributed by atoms with Crippen LogP contribution in [0.3, 0.4) is 0 Å². The summed E-state index contributed by atoms with van der Waals surface area (Å²) in [5.74, 6) is -0.630. The van der Waals surface area contributed by atoms with E-state index in [0.29, 0.717) is 27.1 Å². The van der Waals surface area contributed by atoms with Crippen LogP contribution in [0.5, 0.6) is 0 Å². The molecular formula is C27H25F3N4O2S2. The zero-order valence-corrected chi connectivity index (χ0v) is 22.3. The van der Waals surface area contributed by atoms with Crippen molar-refractivity contribution >= 4 is 44.9 Å². The van der Waals surface area contributed by atoms with Gasteiger partial charge in [-0.25, -0.2) is 4.98 Å². The number of anilines is 1. The van der Waals surface area contributed by atoms with Gasteiger partial charge >= 0.3 is 6.18 Å². The molecule has 0 aliphatic carbocycles. The van der Waals surface area contributed by atoms with Crippen molar-refractivity contribution < 1.29 is 18.0 Å². The monoisotopic (exact) mass is 558 g/mol. The lowest BCUT2D eigenvalue weighted by atomic mass is 10.0. The van der Waals surface area contributed by atoms with Gasteiger partial charge in [-0.1, -0.05) is 36.0 Å². The Bertz CT molecular complexity index is 1550. The molecule has 0 unspecified atom stereocenters. The second kappa shape index (κ2) is 10.5. The van der Waals surface area contributed by atoms with Gasteiger partial charge in [0.15, 0.2) is 5.16 Å². The van der Waals surface area contributed by atoms with E-state index in [9.17, 15) is 22.8 Å². The van der Waals surface area contributed by atoms with Crippen molar-refractivity contribution in [1.82, 2.24) is 14.5 Å². The van der Waals surface area contributed by atoms with Gasteiger partial charge in [0.05, 0.1) is 22.4 Å². The highest BCUT2D eigenvalue weighted by molar-refractivity contribution is 7.99. The van der Waals surface area contributed by atoms with Crippen LogP contribution in [0.1, 0.15) is 29.9 Å². The van der Waals surface area contributed by atoms with Crippen LogP contribution in [-0.2, 0) is 23.9 Å². The van der Waals surface area contributed by atoms with E-state index >= 15 is 0 Å². The predicted molar refractivity (Wildman–Crippen MR) is 145 cm³/mol. The largest absolute Gasteiger partial charge is 0.416 e. The van der Waals surface area contributed by atoms with E-state index in [1.165, 1.54) is 28.0 Å². The average Bonchev–Trinajstić information content (AvgIpc) is 3.25. The van der Waals surface area contributed by atoms with Gasteiger partial charge in [0.2, 0.25) is 5.91 Å². The van der Waals surface area contributed by atoms with Crippen molar-refractivity contribution in [3.63, 3.8) is 0 Å². The number of amides is 1. The van der Waals surface area contributed by atoms with Gasteiger partial charge in [-0.3, -0.25) is 19.1 Å². The highest BCUT2D eigenvalue weighted by Gasteiger charge is 2.30. The number of carbonyl (C=O) groups excluding carboxylic acids is 1. The second-order valence-corrected chi connectivity index (χ2v) is 11.3. The van der Waals surface area contributed by atoms with Gasteiger partial charge in [0, 0.05) is 29.7 Å². The number of hydrogen-bond acceptors (Lipinski definition) is 6. The van der Waals surface area contributed by atoms with Gasteiger partial charge in [-0.15, -0.1) is 11.3 Å². The number of hydrogen-bond donors (Lipinski definition) is 1. The highest BCUT2D eigenvalue weighted by Crippen LogP contribution is 2.35. The molecule has 1 aliphatic heterocycles. The Morgan fingerprint density at radius 2 is 1.92 bits per heavy atom. The summed E-state index contributed by atoms with van der Waals surface area (Å²) in [4.78, 5) is 35.5. The van der Waals surface area contributed by atoms with Crippen LogP contribution in [0.25, 0.3) is 15.9 Å². The van der Waals surface area contributed by atoms with E-state index in [0.717, 1.165) is 53.8 Å². The van der Waals surface area contributed by atoms with E-state index in [1.807, 2.05) is 18.2 Å². The summed E-state index contributed by atoms with van der Waals surface area (Å²) in [5.41, 5.74) is 0.702. The summed E-state index contributed by atoms with van der Waals surface area (Å²) in [6, 6.07) is 14.0. The molecule has 4 aromatic rings. The predicted octanol–water partition coefficient (Wildman–Crippen LogP) is 5.96. The molecule has 1 N–H and O–H groups in total. The molecule has 0 radical (unpaired) electrons. The maximum atomic E-state index is 13.9. The summed E-state index contributed by atoms with van der Waals surface area (Å²) < 4.78 is 40.6. The Hall–Kier alpha value is -3.15. The van der Waals surface area contributed by atoms with Crippen molar-refractivity contribution in [3.8, 4) is 5.69 Å². The molecule has 11 heteroatoms. The number of aromatic nitrogens is 2. The standard InChI is InChI=1S/C27H25F3N4O2S2/c1-16(2)33-12-11-20-21(14-33)38-24-23(20)25(36)34(19-9-4-3-5-10-19)26(32-24)37-15-22(35)31-18-8-6-7-17(13-18)27(28,29)30/h3-10,13,16H,11-12,14-15H2,1-2H3,(H,31,35). The number of thiophene rings is 1. The number of fused-ring (bicyclic) bond motifs is 3. The first-order chi connectivity index (χ1) is 18.1. The van der Waals surface area contributed by atoms with E-state index in [2.05, 4.69) is 24.1 Å². The number of nitrogens with one attached hydrogen (secondary N) is 1. The number of halogens is 3. The Kier molecular flexibility index (Phi) is 7.34. The molecule has 1 amide bonds. The zero-order valence-electron chi connectivity index (χ0n) is 20.7. The van der Waals surface area contributed by atoms with Crippen LogP contribution in [0.2, 0.25) is 0 Å². The Morgan fingerprint density at radius 3 is 2.63 bits per heavy atom. The second-order valence-electron chi connectivity index (χ2n) is 9.28. The fourth-order valence-corrected chi connectivity index (χ4v) is 6.59. The van der Waals surface area contributed by atoms with E-state index in [-0.39, 0.29) is 17.0 Å². The third-order valence-corrected chi connectivity index (χ3v) is 8.47. The molecule has 3 heterocycles. The number of rotatable bonds is 6.